The predicted octanol–water partition coefficient (Wildman–Crippen LogP) is 2.24. The minimum Gasteiger partial charge on any atom is -0.506 e. The van der Waals surface area contributed by atoms with Crippen molar-refractivity contribution >= 4 is 17.3 Å². The normalized spacial score (nSPS) is 9.95. The summed E-state index contributed by atoms with van der Waals surface area (Å²) in [5.41, 5.74) is 6.71. The Kier molecular flexibility index (Phi) is 3.56. The van der Waals surface area contributed by atoms with Crippen molar-refractivity contribution in [1.29, 1.82) is 0 Å². The van der Waals surface area contributed by atoms with Crippen LogP contribution in [0.1, 0.15) is 10.4 Å². The maximum absolute atomic E-state index is 12.0. The number of carbonyl (C=O) groups excluding carboxylic acids is 1. The summed E-state index contributed by atoms with van der Waals surface area (Å²) >= 11 is 0. The number of nitrogen functional groups attached to an aromatic ring is 1. The standard InChI is InChI=1S/C14H14N2O3/c1-19-11-4-2-3-10(8-11)16-14(18)9-5-6-13(17)12(15)7-9/h2-8,17H,15H2,1H3,(H,16,18). The van der Waals surface area contributed by atoms with Crippen LogP contribution in [-0.2, 0) is 0 Å². The first-order chi connectivity index (χ1) is 9.10. The second-order valence-corrected chi connectivity index (χ2v) is 3.96. The molecule has 5 nitrogen and oxygen atoms in total. The molecule has 0 aliphatic carbocycles. The van der Waals surface area contributed by atoms with Crippen LogP contribution in [0.2, 0.25) is 0 Å². The van der Waals surface area contributed by atoms with Crippen LogP contribution >= 0.6 is 0 Å². The molecule has 19 heavy (non-hydrogen) atoms. The van der Waals surface area contributed by atoms with E-state index in [9.17, 15) is 9.90 Å². The Balaban J connectivity index is 2.18. The zero-order valence-corrected chi connectivity index (χ0v) is 10.4. The molecule has 0 atom stereocenters. The number of ether oxygens (including phenoxy) is 1. The first-order valence-corrected chi connectivity index (χ1v) is 5.64. The first-order valence-electron chi connectivity index (χ1n) is 5.64. The third-order valence-electron chi connectivity index (χ3n) is 2.62. The molecule has 2 rings (SSSR count). The van der Waals surface area contributed by atoms with Crippen molar-refractivity contribution < 1.29 is 14.6 Å². The van der Waals surface area contributed by atoms with Crippen molar-refractivity contribution in [2.45, 2.75) is 0 Å². The summed E-state index contributed by atoms with van der Waals surface area (Å²) in [6.07, 6.45) is 0. The van der Waals surface area contributed by atoms with Crippen LogP contribution in [0, 0.1) is 0 Å². The number of carbonyl (C=O) groups is 1. The molecular formula is C14H14N2O3. The second kappa shape index (κ2) is 5.30. The van der Waals surface area contributed by atoms with Crippen molar-refractivity contribution in [3.05, 3.63) is 48.0 Å². The summed E-state index contributed by atoms with van der Waals surface area (Å²) in [7, 11) is 1.56. The van der Waals surface area contributed by atoms with Crippen molar-refractivity contribution in [1.82, 2.24) is 0 Å². The van der Waals surface area contributed by atoms with E-state index >= 15 is 0 Å². The number of rotatable bonds is 3. The van der Waals surface area contributed by atoms with Gasteiger partial charge in [-0.05, 0) is 30.3 Å². The average Bonchev–Trinajstić information content (AvgIpc) is 2.42. The fourth-order valence-corrected chi connectivity index (χ4v) is 1.60. The van der Waals surface area contributed by atoms with Gasteiger partial charge in [0.15, 0.2) is 0 Å². The molecule has 5 heteroatoms. The van der Waals surface area contributed by atoms with E-state index < -0.39 is 0 Å². The molecule has 0 heterocycles. The Bertz CT molecular complexity index is 611. The number of benzene rings is 2. The summed E-state index contributed by atoms with van der Waals surface area (Å²) in [4.78, 5) is 12.0. The molecule has 0 unspecified atom stereocenters. The van der Waals surface area contributed by atoms with Crippen LogP contribution in [0.5, 0.6) is 11.5 Å². The van der Waals surface area contributed by atoms with Gasteiger partial charge in [-0.2, -0.15) is 0 Å². The van der Waals surface area contributed by atoms with E-state index in [4.69, 9.17) is 10.5 Å². The van der Waals surface area contributed by atoms with Crippen LogP contribution in [0.4, 0.5) is 11.4 Å². The molecule has 0 fully saturated rings. The molecule has 0 radical (unpaired) electrons. The molecule has 0 aromatic heterocycles. The number of nitrogens with one attached hydrogen (secondary N) is 1. The minimum atomic E-state index is -0.306. The van der Waals surface area contributed by atoms with Crippen LogP contribution in [-0.4, -0.2) is 18.1 Å². The predicted molar refractivity (Wildman–Crippen MR) is 73.5 cm³/mol. The Morgan fingerprint density at radius 2 is 2.05 bits per heavy atom. The first kappa shape index (κ1) is 12.8. The third kappa shape index (κ3) is 2.95. The quantitative estimate of drug-likeness (QED) is 0.582. The van der Waals surface area contributed by atoms with Crippen molar-refractivity contribution in [3.63, 3.8) is 0 Å². The van der Waals surface area contributed by atoms with Crippen molar-refractivity contribution in [2.24, 2.45) is 0 Å². The van der Waals surface area contributed by atoms with Gasteiger partial charge in [-0.25, -0.2) is 0 Å². The van der Waals surface area contributed by atoms with Gasteiger partial charge in [-0.15, -0.1) is 0 Å². The zero-order chi connectivity index (χ0) is 13.8. The lowest BCUT2D eigenvalue weighted by Gasteiger charge is -2.08. The van der Waals surface area contributed by atoms with Gasteiger partial charge in [0, 0.05) is 17.3 Å². The maximum Gasteiger partial charge on any atom is 0.255 e. The highest BCUT2D eigenvalue weighted by molar-refractivity contribution is 6.05. The number of phenolic OH excluding ortho intramolecular Hbond substituents is 1. The molecule has 0 bridgehead atoms. The number of phenols is 1. The summed E-state index contributed by atoms with van der Waals surface area (Å²) in [5, 5.41) is 12.0. The molecule has 0 spiro atoms. The molecule has 0 aliphatic heterocycles. The van der Waals surface area contributed by atoms with E-state index in [-0.39, 0.29) is 17.3 Å². The molecule has 0 saturated carbocycles. The molecule has 2 aromatic rings. The Hall–Kier alpha value is -2.69. The molecular weight excluding hydrogens is 244 g/mol. The monoisotopic (exact) mass is 258 g/mol. The highest BCUT2D eigenvalue weighted by Gasteiger charge is 2.08. The van der Waals surface area contributed by atoms with Crippen LogP contribution in [0.15, 0.2) is 42.5 Å². The fourth-order valence-electron chi connectivity index (χ4n) is 1.60. The van der Waals surface area contributed by atoms with Gasteiger partial charge in [-0.3, -0.25) is 4.79 Å². The largest absolute Gasteiger partial charge is 0.506 e. The van der Waals surface area contributed by atoms with Gasteiger partial charge in [0.25, 0.3) is 5.91 Å². The summed E-state index contributed by atoms with van der Waals surface area (Å²) < 4.78 is 5.07. The summed E-state index contributed by atoms with van der Waals surface area (Å²) in [6, 6.07) is 11.3. The molecule has 98 valence electrons. The van der Waals surface area contributed by atoms with Crippen molar-refractivity contribution in [2.75, 3.05) is 18.2 Å². The lowest BCUT2D eigenvalue weighted by molar-refractivity contribution is 0.102. The molecule has 0 saturated heterocycles. The highest BCUT2D eigenvalue weighted by atomic mass is 16.5. The van der Waals surface area contributed by atoms with E-state index in [0.29, 0.717) is 17.0 Å². The number of anilines is 2. The lowest BCUT2D eigenvalue weighted by atomic mass is 10.1. The maximum atomic E-state index is 12.0. The average molecular weight is 258 g/mol. The molecule has 0 aliphatic rings. The van der Waals surface area contributed by atoms with E-state index in [2.05, 4.69) is 5.32 Å². The van der Waals surface area contributed by atoms with Gasteiger partial charge in [-0.1, -0.05) is 6.07 Å². The topological polar surface area (TPSA) is 84.6 Å². The van der Waals surface area contributed by atoms with E-state index in [1.807, 2.05) is 0 Å². The molecule has 2 aromatic carbocycles. The third-order valence-corrected chi connectivity index (χ3v) is 2.62. The second-order valence-electron chi connectivity index (χ2n) is 3.96. The van der Waals surface area contributed by atoms with Gasteiger partial charge >= 0.3 is 0 Å². The lowest BCUT2D eigenvalue weighted by Crippen LogP contribution is -2.12. The Morgan fingerprint density at radius 1 is 1.26 bits per heavy atom. The number of nitrogens with two attached hydrogens (primary N) is 1. The van der Waals surface area contributed by atoms with Gasteiger partial charge < -0.3 is 20.9 Å². The number of aromatic hydroxyl groups is 1. The number of hydrogen-bond acceptors (Lipinski definition) is 4. The van der Waals surface area contributed by atoms with E-state index in [1.54, 1.807) is 31.4 Å². The van der Waals surface area contributed by atoms with Gasteiger partial charge in [0.1, 0.15) is 11.5 Å². The van der Waals surface area contributed by atoms with Gasteiger partial charge in [0.2, 0.25) is 0 Å². The van der Waals surface area contributed by atoms with Crippen LogP contribution < -0.4 is 15.8 Å². The zero-order valence-electron chi connectivity index (χ0n) is 10.4. The minimum absolute atomic E-state index is 0.0436. The smallest absolute Gasteiger partial charge is 0.255 e. The van der Waals surface area contributed by atoms with E-state index in [0.717, 1.165) is 0 Å². The highest BCUT2D eigenvalue weighted by Crippen LogP contribution is 2.22. The summed E-state index contributed by atoms with van der Waals surface area (Å²) in [5.74, 6) is 0.306. The molecule has 1 amide bonds. The number of hydrogen-bond donors (Lipinski definition) is 3. The summed E-state index contributed by atoms with van der Waals surface area (Å²) in [6.45, 7) is 0. The number of methoxy groups -OCH3 is 1. The van der Waals surface area contributed by atoms with Crippen molar-refractivity contribution in [3.8, 4) is 11.5 Å². The Labute approximate surface area is 110 Å². The number of amides is 1. The van der Waals surface area contributed by atoms with Crippen LogP contribution in [0.3, 0.4) is 0 Å². The van der Waals surface area contributed by atoms with Gasteiger partial charge in [0.05, 0.1) is 12.8 Å². The fraction of sp³-hybridized carbons (Fsp3) is 0.0714. The van der Waals surface area contributed by atoms with E-state index in [1.165, 1.54) is 18.2 Å². The van der Waals surface area contributed by atoms with Crippen LogP contribution in [0.25, 0.3) is 0 Å². The molecule has 4 N–H and O–H groups in total. The Morgan fingerprint density at radius 3 is 2.74 bits per heavy atom. The SMILES string of the molecule is COc1cccc(NC(=O)c2ccc(O)c(N)c2)c1.